The van der Waals surface area contributed by atoms with Crippen molar-refractivity contribution in [3.8, 4) is 0 Å². The third kappa shape index (κ3) is 3.11. The van der Waals surface area contributed by atoms with Crippen LogP contribution in [0, 0.1) is 22.9 Å². The van der Waals surface area contributed by atoms with E-state index in [9.17, 15) is 19.3 Å². The molecule has 0 atom stereocenters. The number of amides is 1. The van der Waals surface area contributed by atoms with Gasteiger partial charge in [-0.2, -0.15) is 0 Å². The Balaban J connectivity index is 2.21. The van der Waals surface area contributed by atoms with E-state index in [-0.39, 0.29) is 16.8 Å². The summed E-state index contributed by atoms with van der Waals surface area (Å²) in [6.45, 7) is 2.82. The van der Waals surface area contributed by atoms with Gasteiger partial charge in [0.2, 0.25) is 0 Å². The number of hydrogen-bond donors (Lipinski definition) is 1. The van der Waals surface area contributed by atoms with Gasteiger partial charge < -0.3 is 0 Å². The molecule has 1 N–H and O–H groups in total. The molecule has 0 saturated carbocycles. The molecule has 0 unspecified atom stereocenters. The molecule has 20 heavy (non-hydrogen) atoms. The number of piperidine rings is 1. The Morgan fingerprint density at radius 2 is 2.00 bits per heavy atom. The van der Waals surface area contributed by atoms with E-state index in [1.54, 1.807) is 5.01 Å². The van der Waals surface area contributed by atoms with Crippen LogP contribution in [0.2, 0.25) is 0 Å². The van der Waals surface area contributed by atoms with Gasteiger partial charge in [0.15, 0.2) is 0 Å². The van der Waals surface area contributed by atoms with E-state index in [1.807, 2.05) is 0 Å². The number of non-ortho nitro benzene ring substituents is 1. The molecule has 2 rings (SSSR count). The van der Waals surface area contributed by atoms with Gasteiger partial charge in [-0.1, -0.05) is 6.42 Å². The van der Waals surface area contributed by atoms with Crippen molar-refractivity contribution >= 4 is 11.6 Å². The zero-order chi connectivity index (χ0) is 14.7. The molecule has 0 spiro atoms. The highest BCUT2D eigenvalue weighted by Gasteiger charge is 2.21. The summed E-state index contributed by atoms with van der Waals surface area (Å²) in [6.07, 6.45) is 3.05. The third-order valence-corrected chi connectivity index (χ3v) is 3.31. The number of nitro groups is 1. The Morgan fingerprint density at radius 1 is 1.35 bits per heavy atom. The smallest absolute Gasteiger partial charge is 0.270 e. The van der Waals surface area contributed by atoms with Gasteiger partial charge in [0.05, 0.1) is 10.5 Å². The summed E-state index contributed by atoms with van der Waals surface area (Å²) in [6, 6.07) is 2.09. The number of rotatable bonds is 3. The number of halogens is 1. The van der Waals surface area contributed by atoms with E-state index in [2.05, 4.69) is 5.43 Å². The number of carbonyl (C=O) groups is 1. The van der Waals surface area contributed by atoms with Crippen molar-refractivity contribution in [2.24, 2.45) is 0 Å². The molecule has 1 aromatic rings. The highest BCUT2D eigenvalue weighted by molar-refractivity contribution is 5.95. The monoisotopic (exact) mass is 281 g/mol. The summed E-state index contributed by atoms with van der Waals surface area (Å²) in [5.74, 6) is -1.36. The Labute approximate surface area is 115 Å². The van der Waals surface area contributed by atoms with Crippen LogP contribution in [0.15, 0.2) is 12.1 Å². The molecule has 1 fully saturated rings. The minimum Gasteiger partial charge on any atom is -0.285 e. The molecule has 0 radical (unpaired) electrons. The van der Waals surface area contributed by atoms with Crippen molar-refractivity contribution in [1.82, 2.24) is 10.4 Å². The van der Waals surface area contributed by atoms with Gasteiger partial charge in [0.25, 0.3) is 11.6 Å². The highest BCUT2D eigenvalue weighted by Crippen LogP contribution is 2.21. The Kier molecular flexibility index (Phi) is 4.29. The average Bonchev–Trinajstić information content (AvgIpc) is 2.42. The maximum absolute atomic E-state index is 13.9. The first kappa shape index (κ1) is 14.4. The molecule has 1 aromatic carbocycles. The number of hydrogen-bond acceptors (Lipinski definition) is 4. The summed E-state index contributed by atoms with van der Waals surface area (Å²) in [4.78, 5) is 22.2. The summed E-state index contributed by atoms with van der Waals surface area (Å²) in [7, 11) is 0. The van der Waals surface area contributed by atoms with Crippen LogP contribution >= 0.6 is 0 Å². The molecule has 7 heteroatoms. The molecule has 0 aromatic heterocycles. The molecule has 1 amide bonds. The lowest BCUT2D eigenvalue weighted by Crippen LogP contribution is -2.45. The van der Waals surface area contributed by atoms with Crippen molar-refractivity contribution in [3.05, 3.63) is 39.2 Å². The number of benzene rings is 1. The van der Waals surface area contributed by atoms with Crippen molar-refractivity contribution in [2.45, 2.75) is 26.2 Å². The Bertz CT molecular complexity index is 542. The van der Waals surface area contributed by atoms with Crippen molar-refractivity contribution in [1.29, 1.82) is 0 Å². The van der Waals surface area contributed by atoms with Gasteiger partial charge in [-0.3, -0.25) is 20.3 Å². The standard InChI is InChI=1S/C13H16FN3O3/c1-9-7-10(17(19)20)8-11(12(9)14)13(18)15-16-5-3-2-4-6-16/h7-8H,2-6H2,1H3,(H,15,18). The van der Waals surface area contributed by atoms with E-state index < -0.39 is 16.6 Å². The molecule has 1 aliphatic heterocycles. The van der Waals surface area contributed by atoms with Crippen LogP contribution < -0.4 is 5.43 Å². The van der Waals surface area contributed by atoms with Crippen LogP contribution in [0.25, 0.3) is 0 Å². The fourth-order valence-corrected chi connectivity index (χ4v) is 2.23. The molecule has 1 heterocycles. The van der Waals surface area contributed by atoms with Gasteiger partial charge in [-0.05, 0) is 25.3 Å². The molecule has 1 aliphatic rings. The van der Waals surface area contributed by atoms with Crippen LogP contribution in [0.1, 0.15) is 35.2 Å². The fourth-order valence-electron chi connectivity index (χ4n) is 2.23. The first-order valence-corrected chi connectivity index (χ1v) is 6.49. The quantitative estimate of drug-likeness (QED) is 0.680. The van der Waals surface area contributed by atoms with Gasteiger partial charge in [0.1, 0.15) is 5.82 Å². The topological polar surface area (TPSA) is 75.5 Å². The van der Waals surface area contributed by atoms with E-state index in [0.29, 0.717) is 13.1 Å². The van der Waals surface area contributed by atoms with Gasteiger partial charge >= 0.3 is 0 Å². The second-order valence-electron chi connectivity index (χ2n) is 4.87. The summed E-state index contributed by atoms with van der Waals surface area (Å²) in [5, 5.41) is 12.5. The fraction of sp³-hybridized carbons (Fsp3) is 0.462. The highest BCUT2D eigenvalue weighted by atomic mass is 19.1. The van der Waals surface area contributed by atoms with Crippen LogP contribution in [0.4, 0.5) is 10.1 Å². The number of nitro benzene ring substituents is 1. The number of carbonyl (C=O) groups excluding carboxylic acids is 1. The first-order chi connectivity index (χ1) is 9.49. The van der Waals surface area contributed by atoms with Crippen molar-refractivity contribution < 1.29 is 14.1 Å². The number of nitrogens with one attached hydrogen (secondary N) is 1. The van der Waals surface area contributed by atoms with Crippen LogP contribution in [0.3, 0.4) is 0 Å². The number of aryl methyl sites for hydroxylation is 1. The molecule has 6 nitrogen and oxygen atoms in total. The maximum atomic E-state index is 13.9. The minimum atomic E-state index is -0.717. The lowest BCUT2D eigenvalue weighted by molar-refractivity contribution is -0.385. The predicted octanol–water partition coefficient (Wildman–Crippen LogP) is 2.17. The zero-order valence-electron chi connectivity index (χ0n) is 11.2. The van der Waals surface area contributed by atoms with E-state index >= 15 is 0 Å². The average molecular weight is 281 g/mol. The second kappa shape index (κ2) is 5.96. The van der Waals surface area contributed by atoms with E-state index in [0.717, 1.165) is 31.4 Å². The normalized spacial score (nSPS) is 15.9. The zero-order valence-corrected chi connectivity index (χ0v) is 11.2. The van der Waals surface area contributed by atoms with Crippen LogP contribution in [-0.4, -0.2) is 28.9 Å². The molecule has 0 aliphatic carbocycles. The van der Waals surface area contributed by atoms with Crippen molar-refractivity contribution in [3.63, 3.8) is 0 Å². The van der Waals surface area contributed by atoms with E-state index in [4.69, 9.17) is 0 Å². The van der Waals surface area contributed by atoms with Gasteiger partial charge in [-0.25, -0.2) is 9.40 Å². The van der Waals surface area contributed by atoms with Gasteiger partial charge in [-0.15, -0.1) is 0 Å². The lowest BCUT2D eigenvalue weighted by atomic mass is 10.1. The SMILES string of the molecule is Cc1cc([N+](=O)[O-])cc(C(=O)NN2CCCCC2)c1F. The minimum absolute atomic E-state index is 0.0861. The van der Waals surface area contributed by atoms with Crippen LogP contribution in [0.5, 0.6) is 0 Å². The molecule has 1 saturated heterocycles. The molecule has 0 bridgehead atoms. The predicted molar refractivity (Wildman–Crippen MR) is 70.7 cm³/mol. The first-order valence-electron chi connectivity index (χ1n) is 6.49. The number of nitrogens with zero attached hydrogens (tertiary/aromatic N) is 2. The molecular weight excluding hydrogens is 265 g/mol. The molecular formula is C13H16FN3O3. The largest absolute Gasteiger partial charge is 0.285 e. The summed E-state index contributed by atoms with van der Waals surface area (Å²) >= 11 is 0. The Hall–Kier alpha value is -2.02. The Morgan fingerprint density at radius 3 is 2.60 bits per heavy atom. The van der Waals surface area contributed by atoms with E-state index in [1.165, 1.54) is 6.92 Å². The molecule has 108 valence electrons. The summed E-state index contributed by atoms with van der Waals surface area (Å²) in [5.41, 5.74) is 2.11. The maximum Gasteiger partial charge on any atom is 0.270 e. The second-order valence-corrected chi connectivity index (χ2v) is 4.87. The number of hydrazine groups is 1. The van der Waals surface area contributed by atoms with Crippen molar-refractivity contribution in [2.75, 3.05) is 13.1 Å². The lowest BCUT2D eigenvalue weighted by Gasteiger charge is -2.26. The van der Waals surface area contributed by atoms with Crippen LogP contribution in [-0.2, 0) is 0 Å². The third-order valence-electron chi connectivity index (χ3n) is 3.31. The summed E-state index contributed by atoms with van der Waals surface area (Å²) < 4.78 is 13.9. The van der Waals surface area contributed by atoms with Gasteiger partial charge in [0, 0.05) is 25.2 Å².